The number of aromatic amines is 1. The van der Waals surface area contributed by atoms with Crippen LogP contribution in [0.3, 0.4) is 0 Å². The Kier molecular flexibility index (Phi) is 4.44. The minimum absolute atomic E-state index is 0.00315. The Morgan fingerprint density at radius 1 is 1.32 bits per heavy atom. The minimum atomic E-state index is -3.57. The Morgan fingerprint density at radius 3 is 2.68 bits per heavy atom. The Balaban J connectivity index is 2.28. The molecule has 2 N–H and O–H groups in total. The average Bonchev–Trinajstić information content (AvgIpc) is 2.58. The molecular formula is C11H19N3O3S2. The second-order valence-electron chi connectivity index (χ2n) is 4.78. The van der Waals surface area contributed by atoms with E-state index in [-0.39, 0.29) is 15.1 Å². The van der Waals surface area contributed by atoms with Crippen LogP contribution in [0.4, 0.5) is 0 Å². The monoisotopic (exact) mass is 305 g/mol. The summed E-state index contributed by atoms with van der Waals surface area (Å²) in [6.45, 7) is 3.38. The van der Waals surface area contributed by atoms with E-state index in [9.17, 15) is 13.2 Å². The predicted octanol–water partition coefficient (Wildman–Crippen LogP) is 0.507. The van der Waals surface area contributed by atoms with Crippen molar-refractivity contribution >= 4 is 21.4 Å². The highest BCUT2D eigenvalue weighted by Gasteiger charge is 2.31. The fraction of sp³-hybridized carbons (Fsp3) is 0.727. The van der Waals surface area contributed by atoms with Gasteiger partial charge >= 0.3 is 4.87 Å². The van der Waals surface area contributed by atoms with Crippen LogP contribution in [-0.4, -0.2) is 43.9 Å². The van der Waals surface area contributed by atoms with Crippen LogP contribution in [-0.2, 0) is 10.0 Å². The Hall–Kier alpha value is -0.700. The second kappa shape index (κ2) is 5.74. The summed E-state index contributed by atoms with van der Waals surface area (Å²) in [5, 5.41) is 3.26. The van der Waals surface area contributed by atoms with Crippen molar-refractivity contribution in [2.75, 3.05) is 20.1 Å². The zero-order valence-corrected chi connectivity index (χ0v) is 12.7. The van der Waals surface area contributed by atoms with Crippen molar-refractivity contribution in [1.29, 1.82) is 0 Å². The molecule has 2 heterocycles. The van der Waals surface area contributed by atoms with E-state index in [4.69, 9.17) is 0 Å². The fourth-order valence-corrected chi connectivity index (χ4v) is 5.21. The normalized spacial score (nSPS) is 21.5. The van der Waals surface area contributed by atoms with Gasteiger partial charge in [0.25, 0.3) is 10.0 Å². The first-order chi connectivity index (χ1) is 8.93. The van der Waals surface area contributed by atoms with Crippen LogP contribution in [0.25, 0.3) is 0 Å². The van der Waals surface area contributed by atoms with Gasteiger partial charge in [-0.25, -0.2) is 8.42 Å². The molecule has 0 amide bonds. The molecule has 108 valence electrons. The average molecular weight is 305 g/mol. The molecule has 6 nitrogen and oxygen atoms in total. The van der Waals surface area contributed by atoms with E-state index in [2.05, 4.69) is 10.3 Å². The van der Waals surface area contributed by atoms with Gasteiger partial charge in [0, 0.05) is 18.8 Å². The van der Waals surface area contributed by atoms with Gasteiger partial charge in [0.2, 0.25) is 0 Å². The van der Waals surface area contributed by atoms with E-state index in [1.165, 1.54) is 4.31 Å². The number of nitrogens with zero attached hydrogens (tertiary/aromatic N) is 1. The smallest absolute Gasteiger partial charge is 0.305 e. The molecule has 1 aromatic rings. The fourth-order valence-electron chi connectivity index (χ4n) is 2.33. The van der Waals surface area contributed by atoms with Crippen molar-refractivity contribution < 1.29 is 8.42 Å². The molecule has 1 unspecified atom stereocenters. The van der Waals surface area contributed by atoms with E-state index < -0.39 is 10.0 Å². The summed E-state index contributed by atoms with van der Waals surface area (Å²) in [7, 11) is -1.97. The third-order valence-corrected chi connectivity index (χ3v) is 6.95. The minimum Gasteiger partial charge on any atom is -0.317 e. The van der Waals surface area contributed by atoms with Gasteiger partial charge in [0.05, 0.1) is 0 Å². The maximum atomic E-state index is 12.5. The van der Waals surface area contributed by atoms with Gasteiger partial charge in [-0.1, -0.05) is 11.3 Å². The molecule has 1 fully saturated rings. The molecule has 1 aliphatic heterocycles. The van der Waals surface area contributed by atoms with Gasteiger partial charge in [0.1, 0.15) is 0 Å². The first-order valence-corrected chi connectivity index (χ1v) is 8.57. The lowest BCUT2D eigenvalue weighted by Gasteiger charge is -2.25. The molecule has 0 radical (unpaired) electrons. The van der Waals surface area contributed by atoms with Gasteiger partial charge < -0.3 is 10.3 Å². The molecule has 8 heteroatoms. The van der Waals surface area contributed by atoms with E-state index >= 15 is 0 Å². The number of aromatic nitrogens is 1. The summed E-state index contributed by atoms with van der Waals surface area (Å²) >= 11 is 0.762. The zero-order chi connectivity index (χ0) is 14.0. The van der Waals surface area contributed by atoms with Gasteiger partial charge in [-0.15, -0.1) is 0 Å². The van der Waals surface area contributed by atoms with E-state index in [0.717, 1.165) is 43.7 Å². The molecule has 1 atom stereocenters. The van der Waals surface area contributed by atoms with Crippen LogP contribution in [0.5, 0.6) is 0 Å². The summed E-state index contributed by atoms with van der Waals surface area (Å²) in [5.41, 5.74) is 0.425. The number of H-pyrrole nitrogens is 1. The highest BCUT2D eigenvalue weighted by Crippen LogP contribution is 2.24. The molecular weight excluding hydrogens is 286 g/mol. The largest absolute Gasteiger partial charge is 0.317 e. The Labute approximate surface area is 116 Å². The van der Waals surface area contributed by atoms with E-state index in [0.29, 0.717) is 5.69 Å². The van der Waals surface area contributed by atoms with E-state index in [1.807, 2.05) is 0 Å². The van der Waals surface area contributed by atoms with Crippen LogP contribution in [0.1, 0.15) is 25.0 Å². The van der Waals surface area contributed by atoms with Gasteiger partial charge in [-0.2, -0.15) is 4.31 Å². The van der Waals surface area contributed by atoms with Crippen molar-refractivity contribution in [3.05, 3.63) is 15.4 Å². The first-order valence-electron chi connectivity index (χ1n) is 6.31. The number of nitrogens with one attached hydrogen (secondary N) is 2. The van der Waals surface area contributed by atoms with Crippen LogP contribution < -0.4 is 10.2 Å². The number of aryl methyl sites for hydroxylation is 1. The number of rotatable bonds is 3. The topological polar surface area (TPSA) is 82.3 Å². The lowest BCUT2D eigenvalue weighted by Crippen LogP contribution is -2.37. The molecule has 0 aliphatic carbocycles. The summed E-state index contributed by atoms with van der Waals surface area (Å²) < 4.78 is 26.6. The quantitative estimate of drug-likeness (QED) is 0.852. The standard InChI is InChI=1S/C11H19N3O3S2/c1-8-10(18-11(15)13-8)19(16,17)14(2)9-4-3-6-12-7-5-9/h9,12H,3-7H2,1-2H3,(H,13,15). The van der Waals surface area contributed by atoms with Gasteiger partial charge in [-0.05, 0) is 39.3 Å². The highest BCUT2D eigenvalue weighted by molar-refractivity contribution is 7.91. The molecule has 2 rings (SSSR count). The third-order valence-electron chi connectivity index (χ3n) is 3.45. The Morgan fingerprint density at radius 2 is 2.05 bits per heavy atom. The van der Waals surface area contributed by atoms with Crippen molar-refractivity contribution in [3.63, 3.8) is 0 Å². The molecule has 0 saturated carbocycles. The predicted molar refractivity (Wildman–Crippen MR) is 75.1 cm³/mol. The molecule has 1 aromatic heterocycles. The number of hydrogen-bond donors (Lipinski definition) is 2. The molecule has 1 saturated heterocycles. The molecule has 19 heavy (non-hydrogen) atoms. The SMILES string of the molecule is Cc1[nH]c(=O)sc1S(=O)(=O)N(C)C1CCCNCC1. The van der Waals surface area contributed by atoms with Crippen LogP contribution >= 0.6 is 11.3 Å². The van der Waals surface area contributed by atoms with Gasteiger partial charge in [-0.3, -0.25) is 4.79 Å². The second-order valence-corrected chi connectivity index (χ2v) is 7.96. The van der Waals surface area contributed by atoms with Crippen molar-refractivity contribution in [2.45, 2.75) is 36.4 Å². The van der Waals surface area contributed by atoms with E-state index in [1.54, 1.807) is 14.0 Å². The van der Waals surface area contributed by atoms with Crippen molar-refractivity contribution in [2.24, 2.45) is 0 Å². The summed E-state index contributed by atoms with van der Waals surface area (Å²) in [6, 6.07) is -0.00315. The number of hydrogen-bond acceptors (Lipinski definition) is 5. The lowest BCUT2D eigenvalue weighted by molar-refractivity contribution is 0.342. The first kappa shape index (κ1) is 14.7. The maximum absolute atomic E-state index is 12.5. The highest BCUT2D eigenvalue weighted by atomic mass is 32.2. The summed E-state index contributed by atoms with van der Waals surface area (Å²) in [5.74, 6) is 0. The maximum Gasteiger partial charge on any atom is 0.305 e. The van der Waals surface area contributed by atoms with Crippen LogP contribution in [0.15, 0.2) is 9.00 Å². The third kappa shape index (κ3) is 3.07. The van der Waals surface area contributed by atoms with Crippen LogP contribution in [0.2, 0.25) is 0 Å². The summed E-state index contributed by atoms with van der Waals surface area (Å²) in [6.07, 6.45) is 2.61. The molecule has 0 aromatic carbocycles. The van der Waals surface area contributed by atoms with Gasteiger partial charge in [0.15, 0.2) is 4.21 Å². The number of sulfonamides is 1. The molecule has 0 spiro atoms. The Bertz CT molecular complexity index is 583. The molecule has 1 aliphatic rings. The molecule has 0 bridgehead atoms. The zero-order valence-electron chi connectivity index (χ0n) is 11.1. The van der Waals surface area contributed by atoms with Crippen molar-refractivity contribution in [1.82, 2.24) is 14.6 Å². The lowest BCUT2D eigenvalue weighted by atomic mass is 10.1. The van der Waals surface area contributed by atoms with Crippen molar-refractivity contribution in [3.8, 4) is 0 Å². The number of thiazole rings is 1. The van der Waals surface area contributed by atoms with Crippen LogP contribution in [0, 0.1) is 6.92 Å². The summed E-state index contributed by atoms with van der Waals surface area (Å²) in [4.78, 5) is 13.5.